The Morgan fingerprint density at radius 1 is 1.47 bits per heavy atom. The van der Waals surface area contributed by atoms with Crippen LogP contribution in [0.1, 0.15) is 24.4 Å². The average molecular weight is 292 g/mol. The van der Waals surface area contributed by atoms with Crippen LogP contribution < -0.4 is 4.90 Å². The Kier molecular flexibility index (Phi) is 3.69. The number of halogens is 3. The molecule has 0 saturated heterocycles. The first-order valence-electron chi connectivity index (χ1n) is 5.35. The van der Waals surface area contributed by atoms with E-state index in [1.807, 2.05) is 6.92 Å². The van der Waals surface area contributed by atoms with E-state index in [0.29, 0.717) is 17.5 Å². The largest absolute Gasteiger partial charge is 0.434 e. The number of rotatable bonds is 4. The summed E-state index contributed by atoms with van der Waals surface area (Å²) in [7, 11) is 1.68. The lowest BCUT2D eigenvalue weighted by Crippen LogP contribution is -2.23. The molecule has 2 aromatic heterocycles. The van der Waals surface area contributed by atoms with Crippen molar-refractivity contribution in [3.8, 4) is 0 Å². The minimum absolute atomic E-state index is 0.0676. The molecule has 2 rings (SSSR count). The molecule has 1 unspecified atom stereocenters. The first-order valence-corrected chi connectivity index (χ1v) is 6.23. The minimum atomic E-state index is -4.41. The van der Waals surface area contributed by atoms with Gasteiger partial charge in [-0.05, 0) is 0 Å². The molecule has 0 amide bonds. The van der Waals surface area contributed by atoms with Gasteiger partial charge in [0.2, 0.25) is 0 Å². The van der Waals surface area contributed by atoms with E-state index in [2.05, 4.69) is 25.6 Å². The molecule has 2 aromatic rings. The van der Waals surface area contributed by atoms with Crippen LogP contribution in [0.3, 0.4) is 0 Å². The van der Waals surface area contributed by atoms with Crippen LogP contribution in [0.5, 0.6) is 0 Å². The van der Waals surface area contributed by atoms with Crippen LogP contribution in [0.25, 0.3) is 0 Å². The van der Waals surface area contributed by atoms with Gasteiger partial charge in [-0.2, -0.15) is 18.4 Å². The van der Waals surface area contributed by atoms with Crippen molar-refractivity contribution in [1.82, 2.24) is 25.6 Å². The second kappa shape index (κ2) is 5.11. The lowest BCUT2D eigenvalue weighted by atomic mass is 10.1. The summed E-state index contributed by atoms with van der Waals surface area (Å²) in [5, 5.41) is 14.8. The Hall–Kier alpha value is -1.71. The van der Waals surface area contributed by atoms with Crippen LogP contribution in [0.15, 0.2) is 5.38 Å². The van der Waals surface area contributed by atoms with Crippen LogP contribution in [0.4, 0.5) is 18.3 Å². The van der Waals surface area contributed by atoms with Gasteiger partial charge in [-0.3, -0.25) is 0 Å². The van der Waals surface area contributed by atoms with E-state index in [-0.39, 0.29) is 5.92 Å². The monoisotopic (exact) mass is 292 g/mol. The Balaban J connectivity index is 2.04. The van der Waals surface area contributed by atoms with E-state index < -0.39 is 11.9 Å². The third-order valence-electron chi connectivity index (χ3n) is 2.46. The Bertz CT molecular complexity index is 522. The molecule has 0 saturated carbocycles. The van der Waals surface area contributed by atoms with Crippen LogP contribution in [-0.4, -0.2) is 39.2 Å². The zero-order chi connectivity index (χ0) is 14.0. The molecule has 6 nitrogen and oxygen atoms in total. The van der Waals surface area contributed by atoms with Gasteiger partial charge in [0.1, 0.15) is 0 Å². The van der Waals surface area contributed by atoms with Crippen molar-refractivity contribution in [2.24, 2.45) is 0 Å². The quantitative estimate of drug-likeness (QED) is 0.932. The second-order valence-electron chi connectivity index (χ2n) is 4.06. The number of likely N-dealkylation sites (N-methyl/N-ethyl adjacent to an activating group) is 1. The van der Waals surface area contributed by atoms with Gasteiger partial charge in [0.25, 0.3) is 0 Å². The van der Waals surface area contributed by atoms with Gasteiger partial charge < -0.3 is 4.90 Å². The summed E-state index contributed by atoms with van der Waals surface area (Å²) in [5.74, 6) is 0.446. The lowest BCUT2D eigenvalue weighted by molar-refractivity contribution is -0.140. The van der Waals surface area contributed by atoms with Crippen LogP contribution in [0.2, 0.25) is 0 Å². The molecule has 0 aliphatic carbocycles. The predicted octanol–water partition coefficient (Wildman–Crippen LogP) is 1.91. The molecule has 0 spiro atoms. The highest BCUT2D eigenvalue weighted by molar-refractivity contribution is 7.13. The summed E-state index contributed by atoms with van der Waals surface area (Å²) < 4.78 is 37.3. The van der Waals surface area contributed by atoms with Crippen LogP contribution in [-0.2, 0) is 6.18 Å². The van der Waals surface area contributed by atoms with Crippen molar-refractivity contribution >= 4 is 16.5 Å². The maximum atomic E-state index is 12.4. The van der Waals surface area contributed by atoms with E-state index >= 15 is 0 Å². The van der Waals surface area contributed by atoms with Crippen molar-refractivity contribution in [1.29, 1.82) is 0 Å². The van der Waals surface area contributed by atoms with Gasteiger partial charge in [-0.25, -0.2) is 4.98 Å². The number of aromatic nitrogens is 5. The molecule has 2 heterocycles. The SMILES string of the molecule is CC(CN(C)c1nc(C(F)(F)F)cs1)c1nn[nH]n1. The molecule has 1 N–H and O–H groups in total. The normalized spacial score (nSPS) is 13.5. The molecule has 104 valence electrons. The Morgan fingerprint density at radius 2 is 2.21 bits per heavy atom. The number of hydrogen-bond donors (Lipinski definition) is 1. The third-order valence-corrected chi connectivity index (χ3v) is 3.41. The zero-order valence-corrected chi connectivity index (χ0v) is 11.0. The van der Waals surface area contributed by atoms with Gasteiger partial charge in [-0.1, -0.05) is 12.1 Å². The lowest BCUT2D eigenvalue weighted by Gasteiger charge is -2.18. The standard InChI is InChI=1S/C9H11F3N6S/c1-5(7-14-16-17-15-7)3-18(2)8-13-6(4-19-8)9(10,11)12/h4-5H,3H2,1-2H3,(H,14,15,16,17). The molecule has 0 aliphatic heterocycles. The van der Waals surface area contributed by atoms with E-state index in [4.69, 9.17) is 0 Å². The predicted molar refractivity (Wildman–Crippen MR) is 63.0 cm³/mol. The van der Waals surface area contributed by atoms with Crippen molar-refractivity contribution in [3.05, 3.63) is 16.9 Å². The molecular formula is C9H11F3N6S. The zero-order valence-electron chi connectivity index (χ0n) is 10.1. The molecule has 0 aromatic carbocycles. The van der Waals surface area contributed by atoms with Gasteiger partial charge >= 0.3 is 6.18 Å². The summed E-state index contributed by atoms with van der Waals surface area (Å²) in [5.41, 5.74) is -0.869. The van der Waals surface area contributed by atoms with E-state index in [9.17, 15) is 13.2 Å². The van der Waals surface area contributed by atoms with Crippen molar-refractivity contribution in [2.75, 3.05) is 18.5 Å². The van der Waals surface area contributed by atoms with Gasteiger partial charge in [0.15, 0.2) is 16.6 Å². The summed E-state index contributed by atoms with van der Waals surface area (Å²) in [6.07, 6.45) is -4.41. The van der Waals surface area contributed by atoms with Crippen LogP contribution in [0, 0.1) is 0 Å². The molecule has 1 atom stereocenters. The topological polar surface area (TPSA) is 70.6 Å². The Labute approximate surface area is 110 Å². The second-order valence-corrected chi connectivity index (χ2v) is 4.90. The first-order chi connectivity index (χ1) is 8.88. The number of anilines is 1. The summed E-state index contributed by atoms with van der Waals surface area (Å²) >= 11 is 0.954. The highest BCUT2D eigenvalue weighted by Crippen LogP contribution is 2.32. The number of thiazole rings is 1. The fourth-order valence-electron chi connectivity index (χ4n) is 1.52. The maximum Gasteiger partial charge on any atom is 0.434 e. The smallest absolute Gasteiger partial charge is 0.350 e. The van der Waals surface area contributed by atoms with Gasteiger partial charge in [0, 0.05) is 24.9 Å². The summed E-state index contributed by atoms with van der Waals surface area (Å²) in [6.45, 7) is 2.31. The number of aromatic amines is 1. The molecule has 19 heavy (non-hydrogen) atoms. The summed E-state index contributed by atoms with van der Waals surface area (Å²) in [6, 6.07) is 0. The van der Waals surface area contributed by atoms with Gasteiger partial charge in [-0.15, -0.1) is 21.5 Å². The molecule has 0 aliphatic rings. The van der Waals surface area contributed by atoms with Crippen molar-refractivity contribution in [3.63, 3.8) is 0 Å². The van der Waals surface area contributed by atoms with E-state index in [1.54, 1.807) is 11.9 Å². The minimum Gasteiger partial charge on any atom is -0.350 e. The third kappa shape index (κ3) is 3.19. The number of alkyl halides is 3. The van der Waals surface area contributed by atoms with Crippen LogP contribution >= 0.6 is 11.3 Å². The van der Waals surface area contributed by atoms with Crippen molar-refractivity contribution < 1.29 is 13.2 Å². The number of nitrogens with zero attached hydrogens (tertiary/aromatic N) is 5. The molecular weight excluding hydrogens is 281 g/mol. The molecule has 0 radical (unpaired) electrons. The van der Waals surface area contributed by atoms with Gasteiger partial charge in [0.05, 0.1) is 0 Å². The maximum absolute atomic E-state index is 12.4. The van der Waals surface area contributed by atoms with Crippen molar-refractivity contribution in [2.45, 2.75) is 19.0 Å². The molecule has 10 heteroatoms. The first kappa shape index (κ1) is 13.7. The average Bonchev–Trinajstić information content (AvgIpc) is 3.00. The van der Waals surface area contributed by atoms with E-state index in [0.717, 1.165) is 16.7 Å². The Morgan fingerprint density at radius 3 is 2.74 bits per heavy atom. The fourth-order valence-corrected chi connectivity index (χ4v) is 2.33. The number of nitrogens with one attached hydrogen (secondary N) is 1. The van der Waals surface area contributed by atoms with E-state index in [1.165, 1.54) is 0 Å². The molecule has 0 fully saturated rings. The number of H-pyrrole nitrogens is 1. The highest BCUT2D eigenvalue weighted by Gasteiger charge is 2.34. The number of hydrogen-bond acceptors (Lipinski definition) is 6. The fraction of sp³-hybridized carbons (Fsp3) is 0.556. The number of tetrazole rings is 1. The summed E-state index contributed by atoms with van der Waals surface area (Å²) in [4.78, 5) is 5.21. The highest BCUT2D eigenvalue weighted by atomic mass is 32.1. The molecule has 0 bridgehead atoms.